The van der Waals surface area contributed by atoms with Crippen LogP contribution in [0.3, 0.4) is 0 Å². The molecule has 5 nitrogen and oxygen atoms in total. The second kappa shape index (κ2) is 10.4. The van der Waals surface area contributed by atoms with Crippen LogP contribution in [0.2, 0.25) is 0 Å². The van der Waals surface area contributed by atoms with E-state index in [4.69, 9.17) is 10.5 Å². The van der Waals surface area contributed by atoms with Crippen molar-refractivity contribution in [1.82, 2.24) is 4.98 Å². The number of halogens is 2. The molecule has 7 heteroatoms. The van der Waals surface area contributed by atoms with Crippen molar-refractivity contribution in [2.24, 2.45) is 5.73 Å². The van der Waals surface area contributed by atoms with Crippen molar-refractivity contribution >= 4 is 36.4 Å². The van der Waals surface area contributed by atoms with Gasteiger partial charge in [0, 0.05) is 24.0 Å². The fraction of sp³-hybridized carbons (Fsp3) is 0.368. The molecule has 1 aromatic carbocycles. The maximum Gasteiger partial charge on any atom is 0.244 e. The molecule has 0 spiro atoms. The number of ether oxygens (including phenoxy) is 1. The van der Waals surface area contributed by atoms with Gasteiger partial charge in [-0.05, 0) is 50.5 Å². The van der Waals surface area contributed by atoms with Crippen LogP contribution in [0.5, 0.6) is 11.6 Å². The Labute approximate surface area is 167 Å². The fourth-order valence-electron chi connectivity index (χ4n) is 2.37. The third kappa shape index (κ3) is 6.48. The second-order valence-electron chi connectivity index (χ2n) is 6.38. The van der Waals surface area contributed by atoms with Crippen molar-refractivity contribution in [2.45, 2.75) is 46.1 Å². The van der Waals surface area contributed by atoms with Crippen LogP contribution < -0.4 is 15.8 Å². The summed E-state index contributed by atoms with van der Waals surface area (Å²) in [7, 11) is 0. The van der Waals surface area contributed by atoms with Gasteiger partial charge in [0.2, 0.25) is 11.8 Å². The van der Waals surface area contributed by atoms with Crippen LogP contribution in [0.1, 0.15) is 37.8 Å². The molecule has 0 bridgehead atoms. The molecule has 1 heterocycles. The van der Waals surface area contributed by atoms with E-state index in [1.165, 1.54) is 0 Å². The molecular formula is C19H27Cl2N3O2. The average Bonchev–Trinajstić information content (AvgIpc) is 2.50. The number of aromatic nitrogens is 1. The lowest BCUT2D eigenvalue weighted by atomic mass is 9.96. The summed E-state index contributed by atoms with van der Waals surface area (Å²) in [5, 5.41) is 2.87. The largest absolute Gasteiger partial charge is 0.439 e. The SMILES string of the molecule is CCCC(C)(N)C(=O)Nc1ccc(C)c(Oc2cc(C)ccn2)c1.Cl.Cl. The lowest BCUT2D eigenvalue weighted by molar-refractivity contribution is -0.120. The summed E-state index contributed by atoms with van der Waals surface area (Å²) in [4.78, 5) is 16.5. The van der Waals surface area contributed by atoms with Crippen molar-refractivity contribution in [1.29, 1.82) is 0 Å². The van der Waals surface area contributed by atoms with Gasteiger partial charge in [-0.15, -0.1) is 24.8 Å². The van der Waals surface area contributed by atoms with E-state index < -0.39 is 5.54 Å². The van der Waals surface area contributed by atoms with Crippen molar-refractivity contribution in [3.63, 3.8) is 0 Å². The average molecular weight is 400 g/mol. The zero-order valence-corrected chi connectivity index (χ0v) is 17.2. The van der Waals surface area contributed by atoms with Gasteiger partial charge in [-0.25, -0.2) is 4.98 Å². The van der Waals surface area contributed by atoms with E-state index in [0.717, 1.165) is 17.5 Å². The summed E-state index contributed by atoms with van der Waals surface area (Å²) in [5.41, 5.74) is 7.87. The summed E-state index contributed by atoms with van der Waals surface area (Å²) in [6.07, 6.45) is 3.18. The van der Waals surface area contributed by atoms with Gasteiger partial charge in [0.25, 0.3) is 0 Å². The predicted molar refractivity (Wildman–Crippen MR) is 111 cm³/mol. The number of nitrogens with two attached hydrogens (primary N) is 1. The highest BCUT2D eigenvalue weighted by molar-refractivity contribution is 5.97. The number of anilines is 1. The molecule has 1 unspecified atom stereocenters. The lowest BCUT2D eigenvalue weighted by Gasteiger charge is -2.23. The lowest BCUT2D eigenvalue weighted by Crippen LogP contribution is -2.48. The molecule has 1 aromatic heterocycles. The zero-order chi connectivity index (χ0) is 17.7. The first-order chi connectivity index (χ1) is 11.3. The maximum atomic E-state index is 12.3. The highest BCUT2D eigenvalue weighted by Crippen LogP contribution is 2.27. The first-order valence-electron chi connectivity index (χ1n) is 8.13. The number of nitrogens with zero attached hydrogens (tertiary/aromatic N) is 1. The minimum Gasteiger partial charge on any atom is -0.439 e. The highest BCUT2D eigenvalue weighted by Gasteiger charge is 2.27. The number of benzene rings is 1. The van der Waals surface area contributed by atoms with E-state index in [9.17, 15) is 4.79 Å². The van der Waals surface area contributed by atoms with Crippen LogP contribution >= 0.6 is 24.8 Å². The first kappa shape index (κ1) is 24.2. The Morgan fingerprint density at radius 3 is 2.54 bits per heavy atom. The minimum atomic E-state index is -0.890. The number of nitrogens with one attached hydrogen (secondary N) is 1. The van der Waals surface area contributed by atoms with Crippen molar-refractivity contribution < 1.29 is 9.53 Å². The smallest absolute Gasteiger partial charge is 0.244 e. The normalized spacial score (nSPS) is 12.2. The molecule has 2 aromatic rings. The number of aryl methyl sites for hydroxylation is 2. The van der Waals surface area contributed by atoms with Crippen LogP contribution in [-0.2, 0) is 4.79 Å². The number of pyridine rings is 1. The van der Waals surface area contributed by atoms with Gasteiger partial charge in [-0.2, -0.15) is 0 Å². The van der Waals surface area contributed by atoms with Crippen LogP contribution in [-0.4, -0.2) is 16.4 Å². The molecule has 0 aliphatic carbocycles. The van der Waals surface area contributed by atoms with Crippen LogP contribution in [0.25, 0.3) is 0 Å². The van der Waals surface area contributed by atoms with Gasteiger partial charge < -0.3 is 15.8 Å². The van der Waals surface area contributed by atoms with Gasteiger partial charge in [0.15, 0.2) is 0 Å². The number of carbonyl (C=O) groups excluding carboxylic acids is 1. The quantitative estimate of drug-likeness (QED) is 0.731. The monoisotopic (exact) mass is 399 g/mol. The molecule has 26 heavy (non-hydrogen) atoms. The predicted octanol–water partition coefficient (Wildman–Crippen LogP) is 4.79. The number of rotatable bonds is 6. The summed E-state index contributed by atoms with van der Waals surface area (Å²) in [6, 6.07) is 9.30. The van der Waals surface area contributed by atoms with E-state index in [1.54, 1.807) is 19.2 Å². The number of hydrogen-bond donors (Lipinski definition) is 2. The molecular weight excluding hydrogens is 373 g/mol. The highest BCUT2D eigenvalue weighted by atomic mass is 35.5. The van der Waals surface area contributed by atoms with Gasteiger partial charge in [0.05, 0.1) is 5.54 Å². The molecule has 0 fully saturated rings. The Morgan fingerprint density at radius 2 is 1.92 bits per heavy atom. The van der Waals surface area contributed by atoms with E-state index in [2.05, 4.69) is 10.3 Å². The molecule has 0 saturated carbocycles. The van der Waals surface area contributed by atoms with Crippen LogP contribution in [0.15, 0.2) is 36.5 Å². The minimum absolute atomic E-state index is 0. The Hall–Kier alpha value is -1.82. The van der Waals surface area contributed by atoms with Gasteiger partial charge in [-0.1, -0.05) is 19.4 Å². The molecule has 144 valence electrons. The molecule has 1 amide bonds. The summed E-state index contributed by atoms with van der Waals surface area (Å²) < 4.78 is 5.85. The molecule has 2 rings (SSSR count). The number of carbonyl (C=O) groups is 1. The topological polar surface area (TPSA) is 77.2 Å². The van der Waals surface area contributed by atoms with Crippen molar-refractivity contribution in [3.8, 4) is 11.6 Å². The third-order valence-corrected chi connectivity index (χ3v) is 3.84. The molecule has 0 aliphatic rings. The van der Waals surface area contributed by atoms with Crippen LogP contribution in [0.4, 0.5) is 5.69 Å². The van der Waals surface area contributed by atoms with Crippen molar-refractivity contribution in [2.75, 3.05) is 5.32 Å². The second-order valence-corrected chi connectivity index (χ2v) is 6.38. The van der Waals surface area contributed by atoms with E-state index in [-0.39, 0.29) is 30.7 Å². The maximum absolute atomic E-state index is 12.3. The van der Waals surface area contributed by atoms with E-state index >= 15 is 0 Å². The standard InChI is InChI=1S/C19H25N3O2.2ClH/c1-5-9-19(4,20)18(23)22-15-7-6-14(3)16(12-15)24-17-11-13(2)8-10-21-17;;/h6-8,10-12H,5,9,20H2,1-4H3,(H,22,23);2*1H. The van der Waals surface area contributed by atoms with Gasteiger partial charge in [0.1, 0.15) is 5.75 Å². The summed E-state index contributed by atoms with van der Waals surface area (Å²) in [5.74, 6) is 0.976. The third-order valence-electron chi connectivity index (χ3n) is 3.84. The van der Waals surface area contributed by atoms with E-state index in [0.29, 0.717) is 23.7 Å². The number of amides is 1. The zero-order valence-electron chi connectivity index (χ0n) is 15.5. The Balaban J connectivity index is 0.00000312. The van der Waals surface area contributed by atoms with E-state index in [1.807, 2.05) is 45.0 Å². The molecule has 0 aliphatic heterocycles. The van der Waals surface area contributed by atoms with Crippen LogP contribution in [0, 0.1) is 13.8 Å². The Bertz CT molecular complexity index is 736. The van der Waals surface area contributed by atoms with Gasteiger partial charge in [-0.3, -0.25) is 4.79 Å². The Morgan fingerprint density at radius 1 is 1.23 bits per heavy atom. The molecule has 1 atom stereocenters. The first-order valence-corrected chi connectivity index (χ1v) is 8.13. The summed E-state index contributed by atoms with van der Waals surface area (Å²) in [6.45, 7) is 7.67. The summed E-state index contributed by atoms with van der Waals surface area (Å²) >= 11 is 0. The van der Waals surface area contributed by atoms with Gasteiger partial charge >= 0.3 is 0 Å². The molecule has 0 radical (unpaired) electrons. The Kier molecular flexibility index (Phi) is 9.63. The fourth-order valence-corrected chi connectivity index (χ4v) is 2.37. The van der Waals surface area contributed by atoms with Crippen molar-refractivity contribution in [3.05, 3.63) is 47.7 Å². The number of hydrogen-bond acceptors (Lipinski definition) is 4. The molecule has 0 saturated heterocycles. The molecule has 3 N–H and O–H groups in total.